The fourth-order valence-electron chi connectivity index (χ4n) is 2.43. The predicted octanol–water partition coefficient (Wildman–Crippen LogP) is 0.548. The fourth-order valence-corrected chi connectivity index (χ4v) is 2.43. The molecule has 2 nitrogen and oxygen atoms in total. The van der Waals surface area contributed by atoms with Crippen molar-refractivity contribution in [2.24, 2.45) is 11.8 Å². The van der Waals surface area contributed by atoms with Crippen LogP contribution in [0.2, 0.25) is 0 Å². The molecule has 0 radical (unpaired) electrons. The number of hydrogen-bond donors (Lipinski definition) is 1. The zero-order chi connectivity index (χ0) is 7.68. The van der Waals surface area contributed by atoms with Crippen LogP contribution in [0.1, 0.15) is 12.8 Å². The van der Waals surface area contributed by atoms with Crippen molar-refractivity contribution in [3.05, 3.63) is 0 Å². The van der Waals surface area contributed by atoms with E-state index in [-0.39, 0.29) is 0 Å². The standard InChI is InChI=1S/C9H18N2/c1-11-5-3-8-6-10-4-2-9(8)7-11/h8-10H,2-7H2,1H3/t8-,9-/m1/s1. The van der Waals surface area contributed by atoms with E-state index in [0.717, 1.165) is 11.8 Å². The molecule has 0 spiro atoms. The van der Waals surface area contributed by atoms with Gasteiger partial charge in [-0.05, 0) is 51.4 Å². The van der Waals surface area contributed by atoms with E-state index >= 15 is 0 Å². The second kappa shape index (κ2) is 3.11. The van der Waals surface area contributed by atoms with Crippen LogP contribution in [0, 0.1) is 11.8 Å². The van der Waals surface area contributed by atoms with Crippen molar-refractivity contribution in [3.63, 3.8) is 0 Å². The van der Waals surface area contributed by atoms with Gasteiger partial charge < -0.3 is 10.2 Å². The van der Waals surface area contributed by atoms with Crippen LogP contribution in [0.3, 0.4) is 0 Å². The highest BCUT2D eigenvalue weighted by Crippen LogP contribution is 2.26. The molecule has 1 N–H and O–H groups in total. The van der Waals surface area contributed by atoms with Crippen LogP contribution in [0.25, 0.3) is 0 Å². The summed E-state index contributed by atoms with van der Waals surface area (Å²) in [4.78, 5) is 2.48. The van der Waals surface area contributed by atoms with Gasteiger partial charge in [0.05, 0.1) is 0 Å². The first kappa shape index (κ1) is 7.56. The van der Waals surface area contributed by atoms with Crippen molar-refractivity contribution in [2.75, 3.05) is 33.2 Å². The Bertz CT molecular complexity index is 136. The third-order valence-corrected chi connectivity index (χ3v) is 3.19. The Kier molecular flexibility index (Phi) is 2.14. The molecule has 0 saturated carbocycles. The Morgan fingerprint density at radius 1 is 1.27 bits per heavy atom. The fraction of sp³-hybridized carbons (Fsp3) is 1.00. The average Bonchev–Trinajstić information content (AvgIpc) is 2.04. The van der Waals surface area contributed by atoms with Crippen LogP contribution in [0.5, 0.6) is 0 Å². The number of hydrogen-bond acceptors (Lipinski definition) is 2. The molecule has 0 amide bonds. The highest BCUT2D eigenvalue weighted by molar-refractivity contribution is 4.84. The first-order valence-corrected chi connectivity index (χ1v) is 4.75. The van der Waals surface area contributed by atoms with E-state index in [4.69, 9.17) is 0 Å². The lowest BCUT2D eigenvalue weighted by Crippen LogP contribution is -2.46. The van der Waals surface area contributed by atoms with Crippen LogP contribution in [0.4, 0.5) is 0 Å². The van der Waals surface area contributed by atoms with Crippen LogP contribution in [-0.4, -0.2) is 38.1 Å². The van der Waals surface area contributed by atoms with Crippen molar-refractivity contribution >= 4 is 0 Å². The van der Waals surface area contributed by atoms with Gasteiger partial charge in [-0.15, -0.1) is 0 Å². The molecule has 64 valence electrons. The van der Waals surface area contributed by atoms with E-state index in [0.29, 0.717) is 0 Å². The molecule has 2 fully saturated rings. The van der Waals surface area contributed by atoms with Crippen LogP contribution >= 0.6 is 0 Å². The molecule has 2 saturated heterocycles. The number of fused-ring (bicyclic) bond motifs is 1. The Morgan fingerprint density at radius 2 is 2.18 bits per heavy atom. The van der Waals surface area contributed by atoms with Crippen molar-refractivity contribution in [2.45, 2.75) is 12.8 Å². The van der Waals surface area contributed by atoms with Crippen molar-refractivity contribution < 1.29 is 0 Å². The highest BCUT2D eigenvalue weighted by atomic mass is 15.1. The second-order valence-electron chi connectivity index (χ2n) is 4.06. The molecule has 0 bridgehead atoms. The Morgan fingerprint density at radius 3 is 3.09 bits per heavy atom. The van der Waals surface area contributed by atoms with E-state index in [1.807, 2.05) is 0 Å². The maximum absolute atomic E-state index is 3.48. The Labute approximate surface area is 69.0 Å². The van der Waals surface area contributed by atoms with Gasteiger partial charge in [0.25, 0.3) is 0 Å². The van der Waals surface area contributed by atoms with Gasteiger partial charge in [0.1, 0.15) is 0 Å². The highest BCUT2D eigenvalue weighted by Gasteiger charge is 2.29. The molecule has 2 atom stereocenters. The monoisotopic (exact) mass is 154 g/mol. The van der Waals surface area contributed by atoms with Gasteiger partial charge in [0.15, 0.2) is 0 Å². The van der Waals surface area contributed by atoms with Crippen molar-refractivity contribution in [1.29, 1.82) is 0 Å². The van der Waals surface area contributed by atoms with Gasteiger partial charge in [-0.25, -0.2) is 0 Å². The minimum absolute atomic E-state index is 0.986. The maximum atomic E-state index is 3.48. The van der Waals surface area contributed by atoms with Gasteiger partial charge in [0, 0.05) is 6.54 Å². The molecule has 2 aliphatic heterocycles. The summed E-state index contributed by atoms with van der Waals surface area (Å²) in [5, 5.41) is 3.48. The van der Waals surface area contributed by atoms with E-state index in [1.54, 1.807) is 0 Å². The summed E-state index contributed by atoms with van der Waals surface area (Å²) < 4.78 is 0. The van der Waals surface area contributed by atoms with Crippen LogP contribution < -0.4 is 5.32 Å². The molecule has 2 heterocycles. The molecule has 0 aromatic rings. The van der Waals surface area contributed by atoms with E-state index in [2.05, 4.69) is 17.3 Å². The van der Waals surface area contributed by atoms with Gasteiger partial charge in [-0.1, -0.05) is 0 Å². The molecule has 0 aromatic heterocycles. The quantitative estimate of drug-likeness (QED) is 0.548. The lowest BCUT2D eigenvalue weighted by Gasteiger charge is -2.40. The molecule has 11 heavy (non-hydrogen) atoms. The zero-order valence-corrected chi connectivity index (χ0v) is 7.34. The first-order valence-electron chi connectivity index (χ1n) is 4.75. The minimum atomic E-state index is 0.986. The van der Waals surface area contributed by atoms with Gasteiger partial charge in [-0.2, -0.15) is 0 Å². The summed E-state index contributed by atoms with van der Waals surface area (Å²) in [5.74, 6) is 1.98. The lowest BCUT2D eigenvalue weighted by atomic mass is 9.81. The van der Waals surface area contributed by atoms with E-state index in [9.17, 15) is 0 Å². The second-order valence-corrected chi connectivity index (χ2v) is 4.06. The molecule has 2 heteroatoms. The molecule has 2 aliphatic rings. The maximum Gasteiger partial charge on any atom is 0.00102 e. The third kappa shape index (κ3) is 1.57. The molecule has 0 aliphatic carbocycles. The van der Waals surface area contributed by atoms with Crippen LogP contribution in [0.15, 0.2) is 0 Å². The molecule has 0 unspecified atom stereocenters. The lowest BCUT2D eigenvalue weighted by molar-refractivity contribution is 0.115. The van der Waals surface area contributed by atoms with E-state index in [1.165, 1.54) is 39.0 Å². The molecule has 0 aromatic carbocycles. The molecular weight excluding hydrogens is 136 g/mol. The van der Waals surface area contributed by atoms with Crippen molar-refractivity contribution in [1.82, 2.24) is 10.2 Å². The molecular formula is C9H18N2. The summed E-state index contributed by atoms with van der Waals surface area (Å²) in [6.45, 7) is 5.17. The number of piperidine rings is 2. The zero-order valence-electron chi connectivity index (χ0n) is 7.34. The normalized spacial score (nSPS) is 40.1. The summed E-state index contributed by atoms with van der Waals surface area (Å²) in [6, 6.07) is 0. The topological polar surface area (TPSA) is 15.3 Å². The van der Waals surface area contributed by atoms with Crippen LogP contribution in [-0.2, 0) is 0 Å². The number of nitrogens with one attached hydrogen (secondary N) is 1. The minimum Gasteiger partial charge on any atom is -0.316 e. The predicted molar refractivity (Wildman–Crippen MR) is 46.6 cm³/mol. The average molecular weight is 154 g/mol. The van der Waals surface area contributed by atoms with Gasteiger partial charge >= 0.3 is 0 Å². The summed E-state index contributed by atoms with van der Waals surface area (Å²) in [6.07, 6.45) is 2.81. The number of rotatable bonds is 0. The largest absolute Gasteiger partial charge is 0.316 e. The SMILES string of the molecule is CN1CC[C@@H]2CNCC[C@@H]2C1. The Hall–Kier alpha value is -0.0800. The summed E-state index contributed by atoms with van der Waals surface area (Å²) in [5.41, 5.74) is 0. The van der Waals surface area contributed by atoms with Gasteiger partial charge in [-0.3, -0.25) is 0 Å². The number of likely N-dealkylation sites (tertiary alicyclic amines) is 1. The Balaban J connectivity index is 1.93. The van der Waals surface area contributed by atoms with Gasteiger partial charge in [0.2, 0.25) is 0 Å². The first-order chi connectivity index (χ1) is 5.36. The summed E-state index contributed by atoms with van der Waals surface area (Å²) >= 11 is 0. The summed E-state index contributed by atoms with van der Waals surface area (Å²) in [7, 11) is 2.25. The molecule has 2 rings (SSSR count). The third-order valence-electron chi connectivity index (χ3n) is 3.19. The van der Waals surface area contributed by atoms with Crippen molar-refractivity contribution in [3.8, 4) is 0 Å². The smallest absolute Gasteiger partial charge is 0.00102 e. The van der Waals surface area contributed by atoms with E-state index < -0.39 is 0 Å². The number of nitrogens with zero attached hydrogens (tertiary/aromatic N) is 1.